The van der Waals surface area contributed by atoms with Crippen molar-refractivity contribution in [3.05, 3.63) is 65.9 Å². The second-order valence-electron chi connectivity index (χ2n) is 6.87. The Morgan fingerprint density at radius 1 is 1.08 bits per heavy atom. The highest BCUT2D eigenvalue weighted by Gasteiger charge is 2.32. The van der Waals surface area contributed by atoms with Crippen molar-refractivity contribution in [2.45, 2.75) is 32.0 Å². The molecule has 0 amide bonds. The zero-order valence-corrected chi connectivity index (χ0v) is 14.6. The largest absolute Gasteiger partial charge is 0.416 e. The molecule has 136 valence electrons. The minimum absolute atomic E-state index is 0.335. The second kappa shape index (κ2) is 6.38. The van der Waals surface area contributed by atoms with E-state index in [0.717, 1.165) is 32.1 Å². The summed E-state index contributed by atoms with van der Waals surface area (Å²) in [4.78, 5) is 2.07. The number of para-hydroxylation sites is 1. The minimum atomic E-state index is -4.30. The average Bonchev–Trinajstić information content (AvgIpc) is 3.26. The summed E-state index contributed by atoms with van der Waals surface area (Å²) >= 11 is 0. The molecular formula is C21H21F3N2. The molecule has 1 saturated heterocycles. The van der Waals surface area contributed by atoms with Crippen LogP contribution in [0.3, 0.4) is 0 Å². The van der Waals surface area contributed by atoms with E-state index in [9.17, 15) is 13.2 Å². The first-order valence-corrected chi connectivity index (χ1v) is 8.97. The number of benzene rings is 2. The molecule has 5 heteroatoms. The fourth-order valence-corrected chi connectivity index (χ4v) is 3.99. The third kappa shape index (κ3) is 2.96. The van der Waals surface area contributed by atoms with Gasteiger partial charge in [0.2, 0.25) is 0 Å². The zero-order valence-electron chi connectivity index (χ0n) is 14.6. The summed E-state index contributed by atoms with van der Waals surface area (Å²) in [5.74, 6) is 0.335. The Morgan fingerprint density at radius 3 is 2.65 bits per heavy atom. The fraction of sp³-hybridized carbons (Fsp3) is 0.333. The summed E-state index contributed by atoms with van der Waals surface area (Å²) in [6.45, 7) is 4.56. The van der Waals surface area contributed by atoms with Gasteiger partial charge in [-0.2, -0.15) is 13.2 Å². The molecule has 26 heavy (non-hydrogen) atoms. The first-order chi connectivity index (χ1) is 12.5. The maximum absolute atomic E-state index is 13.0. The molecule has 3 aromatic rings. The van der Waals surface area contributed by atoms with Gasteiger partial charge in [-0.15, -0.1) is 0 Å². The van der Waals surface area contributed by atoms with Crippen molar-refractivity contribution >= 4 is 16.6 Å². The monoisotopic (exact) mass is 358 g/mol. The minimum Gasteiger partial charge on any atom is -0.371 e. The highest BCUT2D eigenvalue weighted by molar-refractivity contribution is 5.84. The van der Waals surface area contributed by atoms with E-state index >= 15 is 0 Å². The quantitative estimate of drug-likeness (QED) is 0.585. The van der Waals surface area contributed by atoms with Crippen molar-refractivity contribution < 1.29 is 13.2 Å². The molecule has 1 atom stereocenters. The number of fused-ring (bicyclic) bond motifs is 1. The van der Waals surface area contributed by atoms with Crippen molar-refractivity contribution in [1.29, 1.82) is 0 Å². The summed E-state index contributed by atoms with van der Waals surface area (Å²) in [6.07, 6.45) is -1.14. The number of alkyl halides is 3. The zero-order chi connectivity index (χ0) is 18.3. The average molecular weight is 358 g/mol. The van der Waals surface area contributed by atoms with Crippen molar-refractivity contribution in [1.82, 2.24) is 4.57 Å². The molecule has 0 spiro atoms. The number of rotatable bonds is 3. The normalized spacial score (nSPS) is 18.0. The van der Waals surface area contributed by atoms with Crippen LogP contribution in [0.2, 0.25) is 0 Å². The Hall–Kier alpha value is -2.43. The molecule has 0 radical (unpaired) electrons. The molecule has 0 saturated carbocycles. The Balaban J connectivity index is 1.62. The van der Waals surface area contributed by atoms with Crippen LogP contribution >= 0.6 is 0 Å². The lowest BCUT2D eigenvalue weighted by molar-refractivity contribution is -0.137. The number of anilines is 1. The Labute approximate surface area is 150 Å². The SMILES string of the molecule is CCn1cc(C2CCN(c3cccc(C(F)(F)F)c3)C2)c2ccccc21. The van der Waals surface area contributed by atoms with Crippen molar-refractivity contribution in [2.24, 2.45) is 0 Å². The van der Waals surface area contributed by atoms with E-state index in [4.69, 9.17) is 0 Å². The van der Waals surface area contributed by atoms with Crippen LogP contribution in [0.15, 0.2) is 54.7 Å². The highest BCUT2D eigenvalue weighted by Crippen LogP contribution is 2.37. The number of aryl methyl sites for hydroxylation is 1. The van der Waals surface area contributed by atoms with Crippen LogP contribution in [0.25, 0.3) is 10.9 Å². The van der Waals surface area contributed by atoms with Gasteiger partial charge in [0.15, 0.2) is 0 Å². The van der Waals surface area contributed by atoms with E-state index in [0.29, 0.717) is 11.6 Å². The van der Waals surface area contributed by atoms with E-state index < -0.39 is 11.7 Å². The smallest absolute Gasteiger partial charge is 0.371 e. The fourth-order valence-electron chi connectivity index (χ4n) is 3.99. The summed E-state index contributed by atoms with van der Waals surface area (Å²) in [5.41, 5.74) is 2.60. The molecule has 2 heterocycles. The van der Waals surface area contributed by atoms with Gasteiger partial charge in [0.25, 0.3) is 0 Å². The van der Waals surface area contributed by atoms with Crippen LogP contribution in [0, 0.1) is 0 Å². The molecule has 1 fully saturated rings. The van der Waals surface area contributed by atoms with Crippen LogP contribution in [-0.4, -0.2) is 17.7 Å². The summed E-state index contributed by atoms with van der Waals surface area (Å²) in [7, 11) is 0. The Morgan fingerprint density at radius 2 is 1.88 bits per heavy atom. The Bertz CT molecular complexity index is 926. The van der Waals surface area contributed by atoms with E-state index in [2.05, 4.69) is 34.7 Å². The molecule has 4 rings (SSSR count). The number of nitrogens with zero attached hydrogens (tertiary/aromatic N) is 2. The molecule has 1 aliphatic rings. The predicted octanol–water partition coefficient (Wildman–Crippen LogP) is 5.67. The van der Waals surface area contributed by atoms with E-state index in [1.807, 2.05) is 12.1 Å². The van der Waals surface area contributed by atoms with Gasteiger partial charge in [-0.3, -0.25) is 0 Å². The van der Waals surface area contributed by atoms with Gasteiger partial charge in [0.1, 0.15) is 0 Å². The molecular weight excluding hydrogens is 337 g/mol. The van der Waals surface area contributed by atoms with Gasteiger partial charge in [-0.1, -0.05) is 24.3 Å². The summed E-state index contributed by atoms with van der Waals surface area (Å²) < 4.78 is 41.2. The van der Waals surface area contributed by atoms with Gasteiger partial charge in [-0.25, -0.2) is 0 Å². The molecule has 0 N–H and O–H groups in total. The van der Waals surface area contributed by atoms with Crippen LogP contribution < -0.4 is 4.90 Å². The van der Waals surface area contributed by atoms with Crippen LogP contribution in [0.5, 0.6) is 0 Å². The first-order valence-electron chi connectivity index (χ1n) is 8.97. The van der Waals surface area contributed by atoms with Crippen LogP contribution in [0.1, 0.15) is 30.4 Å². The third-order valence-electron chi connectivity index (χ3n) is 5.33. The molecule has 2 aromatic carbocycles. The molecule has 1 unspecified atom stereocenters. The van der Waals surface area contributed by atoms with Crippen LogP contribution in [-0.2, 0) is 12.7 Å². The maximum Gasteiger partial charge on any atom is 0.416 e. The van der Waals surface area contributed by atoms with Gasteiger partial charge in [0.05, 0.1) is 5.56 Å². The lowest BCUT2D eigenvalue weighted by Crippen LogP contribution is -2.19. The van der Waals surface area contributed by atoms with Gasteiger partial charge >= 0.3 is 6.18 Å². The number of hydrogen-bond donors (Lipinski definition) is 0. The van der Waals surface area contributed by atoms with Gasteiger partial charge < -0.3 is 9.47 Å². The third-order valence-corrected chi connectivity index (χ3v) is 5.33. The van der Waals surface area contributed by atoms with E-state index in [1.54, 1.807) is 6.07 Å². The standard InChI is InChI=1S/C21H21F3N2/c1-2-25-14-19(18-8-3-4-9-20(18)25)15-10-11-26(13-15)17-7-5-6-16(12-17)21(22,23)24/h3-9,12,14-15H,2,10-11,13H2,1H3. The van der Waals surface area contributed by atoms with E-state index in [-0.39, 0.29) is 0 Å². The van der Waals surface area contributed by atoms with Gasteiger partial charge in [0, 0.05) is 48.3 Å². The second-order valence-corrected chi connectivity index (χ2v) is 6.87. The summed E-state index contributed by atoms with van der Waals surface area (Å²) in [5, 5.41) is 1.25. The van der Waals surface area contributed by atoms with Crippen molar-refractivity contribution in [3.63, 3.8) is 0 Å². The molecule has 2 nitrogen and oxygen atoms in total. The summed E-state index contributed by atoms with van der Waals surface area (Å²) in [6, 6.07) is 14.0. The van der Waals surface area contributed by atoms with Gasteiger partial charge in [-0.05, 0) is 43.2 Å². The lowest BCUT2D eigenvalue weighted by Gasteiger charge is -2.20. The van der Waals surface area contributed by atoms with Crippen molar-refractivity contribution in [2.75, 3.05) is 18.0 Å². The number of hydrogen-bond acceptors (Lipinski definition) is 1. The molecule has 1 aliphatic heterocycles. The number of halogens is 3. The van der Waals surface area contributed by atoms with Crippen molar-refractivity contribution in [3.8, 4) is 0 Å². The molecule has 0 aliphatic carbocycles. The molecule has 1 aromatic heterocycles. The predicted molar refractivity (Wildman–Crippen MR) is 98.6 cm³/mol. The first kappa shape index (κ1) is 17.0. The lowest BCUT2D eigenvalue weighted by atomic mass is 9.98. The Kier molecular flexibility index (Phi) is 4.17. The topological polar surface area (TPSA) is 8.17 Å². The highest BCUT2D eigenvalue weighted by atomic mass is 19.4. The molecule has 0 bridgehead atoms. The number of aromatic nitrogens is 1. The van der Waals surface area contributed by atoms with E-state index in [1.165, 1.54) is 28.6 Å². The van der Waals surface area contributed by atoms with Crippen LogP contribution in [0.4, 0.5) is 18.9 Å². The maximum atomic E-state index is 13.0.